The monoisotopic (exact) mass is 626 g/mol. The van der Waals surface area contributed by atoms with Crippen LogP contribution in [0.3, 0.4) is 0 Å². The molecule has 2 saturated heterocycles. The maximum absolute atomic E-state index is 12.4. The van der Waals surface area contributed by atoms with Crippen molar-refractivity contribution < 1.29 is 19.1 Å². The molecule has 2 aliphatic rings. The van der Waals surface area contributed by atoms with Crippen LogP contribution in [0.2, 0.25) is 0 Å². The quantitative estimate of drug-likeness (QED) is 0.188. The van der Waals surface area contributed by atoms with Crippen LogP contribution in [0.4, 0.5) is 4.79 Å². The summed E-state index contributed by atoms with van der Waals surface area (Å²) < 4.78 is 5.38. The minimum atomic E-state index is -0.450. The Hall–Kier alpha value is -4.17. The van der Waals surface area contributed by atoms with Crippen molar-refractivity contribution in [2.45, 2.75) is 96.0 Å². The van der Waals surface area contributed by atoms with Crippen LogP contribution in [-0.2, 0) is 20.9 Å². The van der Waals surface area contributed by atoms with Crippen LogP contribution in [0.15, 0.2) is 91.0 Å². The summed E-state index contributed by atoms with van der Waals surface area (Å²) in [7, 11) is 0. The highest BCUT2D eigenvalue weighted by atomic mass is 16.5. The van der Waals surface area contributed by atoms with Crippen molar-refractivity contribution in [1.82, 2.24) is 16.0 Å². The van der Waals surface area contributed by atoms with Crippen molar-refractivity contribution in [3.8, 4) is 0 Å². The number of amides is 3. The first-order chi connectivity index (χ1) is 21.9. The van der Waals surface area contributed by atoms with Crippen LogP contribution < -0.4 is 21.7 Å². The lowest BCUT2D eigenvalue weighted by molar-refractivity contribution is -0.123. The van der Waals surface area contributed by atoms with Gasteiger partial charge in [-0.15, -0.1) is 0 Å². The fraction of sp³-hybridized carbons (Fsp3) is 0.447. The van der Waals surface area contributed by atoms with Crippen molar-refractivity contribution in [2.24, 2.45) is 17.6 Å². The molecule has 2 aliphatic heterocycles. The van der Waals surface area contributed by atoms with Crippen molar-refractivity contribution in [1.29, 1.82) is 0 Å². The van der Waals surface area contributed by atoms with Gasteiger partial charge in [0, 0.05) is 29.0 Å². The number of ether oxygens (including phenoxy) is 1. The predicted octanol–water partition coefficient (Wildman–Crippen LogP) is 6.73. The third kappa shape index (κ3) is 10.7. The van der Waals surface area contributed by atoms with Gasteiger partial charge in [-0.25, -0.2) is 4.79 Å². The highest BCUT2D eigenvalue weighted by molar-refractivity contribution is 5.82. The first kappa shape index (κ1) is 34.7. The van der Waals surface area contributed by atoms with E-state index < -0.39 is 6.09 Å². The van der Waals surface area contributed by atoms with E-state index in [1.807, 2.05) is 105 Å². The Labute approximate surface area is 273 Å². The van der Waals surface area contributed by atoms with Gasteiger partial charge in [-0.1, -0.05) is 91.0 Å². The molecule has 0 radical (unpaired) electrons. The molecule has 0 aliphatic carbocycles. The summed E-state index contributed by atoms with van der Waals surface area (Å²) in [6.45, 7) is 8.45. The summed E-state index contributed by atoms with van der Waals surface area (Å²) >= 11 is 0. The number of alkyl carbamates (subject to hydrolysis) is 1. The van der Waals surface area contributed by atoms with Gasteiger partial charge in [-0.3, -0.25) is 9.59 Å². The third-order valence-electron chi connectivity index (χ3n) is 8.74. The minimum absolute atomic E-state index is 0.0247. The highest BCUT2D eigenvalue weighted by Crippen LogP contribution is 2.31. The minimum Gasteiger partial charge on any atom is -0.445 e. The number of nitrogens with two attached hydrogens (primary N) is 1. The normalized spacial score (nSPS) is 20.8. The van der Waals surface area contributed by atoms with Crippen LogP contribution in [0, 0.1) is 11.8 Å². The summed E-state index contributed by atoms with van der Waals surface area (Å²) in [5, 5.41) is 9.03. The number of nitrogens with one attached hydrogen (secondary N) is 3. The molecule has 3 aromatic carbocycles. The van der Waals surface area contributed by atoms with Gasteiger partial charge in [0.1, 0.15) is 6.61 Å². The van der Waals surface area contributed by atoms with Gasteiger partial charge in [0.25, 0.3) is 0 Å². The molecule has 2 fully saturated rings. The summed E-state index contributed by atoms with van der Waals surface area (Å²) in [5.41, 5.74) is 9.04. The van der Waals surface area contributed by atoms with Crippen molar-refractivity contribution in [3.05, 3.63) is 108 Å². The Kier molecular flexibility index (Phi) is 12.0. The molecular formula is C38H50N4O4. The van der Waals surface area contributed by atoms with Crippen molar-refractivity contribution in [2.75, 3.05) is 0 Å². The molecule has 4 unspecified atom stereocenters. The Morgan fingerprint density at radius 2 is 1.22 bits per heavy atom. The van der Waals surface area contributed by atoms with E-state index in [4.69, 9.17) is 10.5 Å². The smallest absolute Gasteiger partial charge is 0.407 e. The lowest BCUT2D eigenvalue weighted by Gasteiger charge is -2.21. The number of carbonyl (C=O) groups excluding carboxylic acids is 3. The molecule has 8 heteroatoms. The summed E-state index contributed by atoms with van der Waals surface area (Å²) in [4.78, 5) is 36.3. The second kappa shape index (κ2) is 15.9. The van der Waals surface area contributed by atoms with Crippen LogP contribution in [-0.4, -0.2) is 29.0 Å². The average Bonchev–Trinajstić information content (AvgIpc) is 3.47. The summed E-state index contributed by atoms with van der Waals surface area (Å²) in [6, 6.07) is 29.3. The zero-order valence-corrected chi connectivity index (χ0v) is 27.6. The molecule has 0 bridgehead atoms. The Morgan fingerprint density at radius 3 is 1.70 bits per heavy atom. The Bertz CT molecular complexity index is 1410. The molecule has 0 aromatic heterocycles. The molecule has 4 atom stereocenters. The number of hydrogen-bond donors (Lipinski definition) is 4. The number of carbonyl (C=O) groups is 3. The van der Waals surface area contributed by atoms with E-state index in [9.17, 15) is 14.4 Å². The molecule has 3 amide bonds. The van der Waals surface area contributed by atoms with Gasteiger partial charge in [-0.05, 0) is 82.9 Å². The number of rotatable bonds is 11. The second-order valence-corrected chi connectivity index (χ2v) is 13.9. The van der Waals surface area contributed by atoms with E-state index in [2.05, 4.69) is 29.8 Å². The fourth-order valence-corrected chi connectivity index (χ4v) is 6.39. The highest BCUT2D eigenvalue weighted by Gasteiger charge is 2.38. The molecule has 8 nitrogen and oxygen atoms in total. The lowest BCUT2D eigenvalue weighted by Crippen LogP contribution is -2.34. The van der Waals surface area contributed by atoms with Crippen molar-refractivity contribution in [3.63, 3.8) is 0 Å². The van der Waals surface area contributed by atoms with Gasteiger partial charge in [0.05, 0.1) is 6.04 Å². The molecule has 3 aromatic rings. The topological polar surface area (TPSA) is 123 Å². The van der Waals surface area contributed by atoms with Gasteiger partial charge in [0.15, 0.2) is 0 Å². The van der Waals surface area contributed by atoms with E-state index in [-0.39, 0.29) is 53.4 Å². The zero-order valence-electron chi connectivity index (χ0n) is 27.6. The molecule has 246 valence electrons. The summed E-state index contributed by atoms with van der Waals surface area (Å²) in [5.74, 6) is 0.377. The van der Waals surface area contributed by atoms with E-state index in [1.54, 1.807) is 0 Å². The Balaban J connectivity index is 0.000000230. The van der Waals surface area contributed by atoms with Crippen LogP contribution >= 0.6 is 0 Å². The molecule has 5 rings (SSSR count). The predicted molar refractivity (Wildman–Crippen MR) is 181 cm³/mol. The largest absolute Gasteiger partial charge is 0.445 e. The van der Waals surface area contributed by atoms with Gasteiger partial charge >= 0.3 is 6.09 Å². The summed E-state index contributed by atoms with van der Waals surface area (Å²) in [6.07, 6.45) is 4.39. The maximum Gasteiger partial charge on any atom is 0.407 e. The van der Waals surface area contributed by atoms with Crippen LogP contribution in [0.25, 0.3) is 0 Å². The molecule has 2 heterocycles. The average molecular weight is 627 g/mol. The van der Waals surface area contributed by atoms with Crippen molar-refractivity contribution >= 4 is 17.9 Å². The Morgan fingerprint density at radius 1 is 0.761 bits per heavy atom. The first-order valence-electron chi connectivity index (χ1n) is 16.4. The van der Waals surface area contributed by atoms with E-state index in [1.165, 1.54) is 0 Å². The van der Waals surface area contributed by atoms with Gasteiger partial charge < -0.3 is 26.4 Å². The van der Waals surface area contributed by atoms with Gasteiger partial charge in [0.2, 0.25) is 11.8 Å². The van der Waals surface area contributed by atoms with Crippen LogP contribution in [0.5, 0.6) is 0 Å². The SMILES string of the molecule is CC1(C)CC(CCC(N)c2ccccc2)C(=O)N1.CC1(C)CC(CCC(NC(=O)OCc2ccccc2)c2ccccc2)C(=O)N1. The third-order valence-corrected chi connectivity index (χ3v) is 8.74. The lowest BCUT2D eigenvalue weighted by atomic mass is 9.90. The maximum atomic E-state index is 12.4. The molecule has 0 spiro atoms. The zero-order chi connectivity index (χ0) is 33.2. The molecule has 46 heavy (non-hydrogen) atoms. The van der Waals surface area contributed by atoms with E-state index in [0.717, 1.165) is 42.4 Å². The molecule has 5 N–H and O–H groups in total. The first-order valence-corrected chi connectivity index (χ1v) is 16.4. The second-order valence-electron chi connectivity index (χ2n) is 13.9. The van der Waals surface area contributed by atoms with Gasteiger partial charge in [-0.2, -0.15) is 0 Å². The standard InChI is InChI=1S/C23H28N2O3.C15H22N2O/c1-23(2)15-19(21(26)25-23)13-14-20(18-11-7-4-8-12-18)24-22(27)28-16-17-9-5-3-6-10-17;1-15(2)10-12(14(18)17-15)8-9-13(16)11-6-4-3-5-7-11/h3-12,19-20H,13-16H2,1-2H3,(H,24,27)(H,25,26);3-7,12-13H,8-10,16H2,1-2H3,(H,17,18). The molecular weight excluding hydrogens is 576 g/mol. The fourth-order valence-electron chi connectivity index (χ4n) is 6.39. The molecule has 0 saturated carbocycles. The van der Waals surface area contributed by atoms with E-state index in [0.29, 0.717) is 12.8 Å². The van der Waals surface area contributed by atoms with E-state index >= 15 is 0 Å². The number of hydrogen-bond acceptors (Lipinski definition) is 5. The van der Waals surface area contributed by atoms with Crippen LogP contribution in [0.1, 0.15) is 95.0 Å². The number of benzene rings is 3.